The van der Waals surface area contributed by atoms with Gasteiger partial charge in [-0.2, -0.15) is 0 Å². The van der Waals surface area contributed by atoms with Gasteiger partial charge < -0.3 is 4.40 Å². The van der Waals surface area contributed by atoms with E-state index >= 15 is 0 Å². The zero-order valence-electron chi connectivity index (χ0n) is 8.25. The number of aryl methyl sites for hydroxylation is 2. The van der Waals surface area contributed by atoms with Crippen LogP contribution in [0.5, 0.6) is 0 Å². The molecule has 0 N–H and O–H groups in total. The Morgan fingerprint density at radius 1 is 1.15 bits per heavy atom. The molecule has 13 heavy (non-hydrogen) atoms. The highest BCUT2D eigenvalue weighted by Gasteiger charge is 1.99. The van der Waals surface area contributed by atoms with Crippen molar-refractivity contribution in [2.24, 2.45) is 0 Å². The Kier molecular flexibility index (Phi) is 2.09. The maximum absolute atomic E-state index is 2.29. The zero-order chi connectivity index (χ0) is 9.26. The molecule has 0 bridgehead atoms. The summed E-state index contributed by atoms with van der Waals surface area (Å²) in [7, 11) is 0. The predicted molar refractivity (Wildman–Crippen MR) is 56.1 cm³/mol. The van der Waals surface area contributed by atoms with Crippen LogP contribution in [0, 0.1) is 6.92 Å². The molecule has 68 valence electrons. The van der Waals surface area contributed by atoms with E-state index in [1.165, 1.54) is 23.2 Å². The lowest BCUT2D eigenvalue weighted by Gasteiger charge is -2.02. The minimum absolute atomic E-state index is 1.16. The third-order valence-electron chi connectivity index (χ3n) is 2.39. The van der Waals surface area contributed by atoms with Crippen LogP contribution in [0.2, 0.25) is 0 Å². The maximum Gasteiger partial charge on any atom is 0.0453 e. The maximum atomic E-state index is 2.29. The molecular weight excluding hydrogens is 158 g/mol. The molecule has 2 heterocycles. The number of rotatable bonds is 2. The summed E-state index contributed by atoms with van der Waals surface area (Å²) >= 11 is 0. The van der Waals surface area contributed by atoms with Crippen molar-refractivity contribution < 1.29 is 0 Å². The Hall–Kier alpha value is -1.24. The summed E-state index contributed by atoms with van der Waals surface area (Å²) < 4.78 is 2.29. The first-order valence-electron chi connectivity index (χ1n) is 4.88. The summed E-state index contributed by atoms with van der Waals surface area (Å²) in [6.07, 6.45) is 4.58. The van der Waals surface area contributed by atoms with Crippen molar-refractivity contribution in [3.05, 3.63) is 41.7 Å². The first-order valence-corrected chi connectivity index (χ1v) is 4.88. The van der Waals surface area contributed by atoms with E-state index < -0.39 is 0 Å². The van der Waals surface area contributed by atoms with Gasteiger partial charge in [0, 0.05) is 17.4 Å². The largest absolute Gasteiger partial charge is 0.321 e. The highest BCUT2D eigenvalue weighted by Crippen LogP contribution is 2.12. The van der Waals surface area contributed by atoms with E-state index in [0.717, 1.165) is 6.42 Å². The van der Waals surface area contributed by atoms with Gasteiger partial charge in [-0.1, -0.05) is 19.4 Å². The third-order valence-corrected chi connectivity index (χ3v) is 2.39. The fourth-order valence-electron chi connectivity index (χ4n) is 1.72. The first kappa shape index (κ1) is 8.36. The average molecular weight is 173 g/mol. The second-order valence-electron chi connectivity index (χ2n) is 3.58. The molecule has 0 atom stereocenters. The number of hydrogen-bond acceptors (Lipinski definition) is 0. The number of hydrogen-bond donors (Lipinski definition) is 0. The van der Waals surface area contributed by atoms with Gasteiger partial charge in [-0.05, 0) is 37.1 Å². The first-order chi connectivity index (χ1) is 6.31. The van der Waals surface area contributed by atoms with Crippen molar-refractivity contribution in [1.82, 2.24) is 4.40 Å². The fraction of sp³-hybridized carbons (Fsp3) is 0.333. The van der Waals surface area contributed by atoms with Gasteiger partial charge in [-0.3, -0.25) is 0 Å². The summed E-state index contributed by atoms with van der Waals surface area (Å²) in [5.74, 6) is 0. The van der Waals surface area contributed by atoms with E-state index in [2.05, 4.69) is 48.7 Å². The molecule has 1 heteroatoms. The normalized spacial score (nSPS) is 10.9. The summed E-state index contributed by atoms with van der Waals surface area (Å²) in [6, 6.07) is 8.74. The quantitative estimate of drug-likeness (QED) is 0.657. The Labute approximate surface area is 79.0 Å². The summed E-state index contributed by atoms with van der Waals surface area (Å²) in [5, 5.41) is 0. The highest BCUT2D eigenvalue weighted by atomic mass is 14.9. The van der Waals surface area contributed by atoms with E-state index in [-0.39, 0.29) is 0 Å². The third kappa shape index (κ3) is 1.46. The SMILES string of the molecule is CCCc1ccc2ccc(C)cn12. The van der Waals surface area contributed by atoms with E-state index in [9.17, 15) is 0 Å². The van der Waals surface area contributed by atoms with Crippen LogP contribution in [0.3, 0.4) is 0 Å². The molecule has 1 nitrogen and oxygen atoms in total. The molecule has 2 aromatic heterocycles. The molecule has 0 unspecified atom stereocenters. The molecular formula is C12H15N. The van der Waals surface area contributed by atoms with Gasteiger partial charge in [0.15, 0.2) is 0 Å². The van der Waals surface area contributed by atoms with E-state index in [1.54, 1.807) is 0 Å². The molecule has 0 saturated carbocycles. The smallest absolute Gasteiger partial charge is 0.0453 e. The minimum Gasteiger partial charge on any atom is -0.321 e. The van der Waals surface area contributed by atoms with Crippen molar-refractivity contribution >= 4 is 5.52 Å². The highest BCUT2D eigenvalue weighted by molar-refractivity contribution is 5.50. The van der Waals surface area contributed by atoms with Crippen LogP contribution in [0.15, 0.2) is 30.5 Å². The Bertz CT molecular complexity index is 412. The van der Waals surface area contributed by atoms with Crippen molar-refractivity contribution in [1.29, 1.82) is 0 Å². The zero-order valence-corrected chi connectivity index (χ0v) is 8.25. The van der Waals surface area contributed by atoms with Gasteiger partial charge >= 0.3 is 0 Å². The lowest BCUT2D eigenvalue weighted by Crippen LogP contribution is -1.92. The number of fused-ring (bicyclic) bond motifs is 1. The lowest BCUT2D eigenvalue weighted by atomic mass is 10.2. The van der Waals surface area contributed by atoms with E-state index in [4.69, 9.17) is 0 Å². The molecule has 0 radical (unpaired) electrons. The van der Waals surface area contributed by atoms with Crippen LogP contribution in [-0.4, -0.2) is 4.40 Å². The minimum atomic E-state index is 1.16. The van der Waals surface area contributed by atoms with Crippen molar-refractivity contribution in [2.75, 3.05) is 0 Å². The molecule has 0 aliphatic rings. The molecule has 0 saturated heterocycles. The Morgan fingerprint density at radius 2 is 1.92 bits per heavy atom. The van der Waals surface area contributed by atoms with E-state index in [0.29, 0.717) is 0 Å². The molecule has 0 amide bonds. The van der Waals surface area contributed by atoms with E-state index in [1.807, 2.05) is 0 Å². The van der Waals surface area contributed by atoms with Crippen LogP contribution in [0.4, 0.5) is 0 Å². The Morgan fingerprint density at radius 3 is 2.69 bits per heavy atom. The molecule has 0 aromatic carbocycles. The number of nitrogens with zero attached hydrogens (tertiary/aromatic N) is 1. The standard InChI is InChI=1S/C12H15N/c1-3-4-11-7-8-12-6-5-10(2)9-13(11)12/h5-9H,3-4H2,1-2H3. The van der Waals surface area contributed by atoms with Crippen LogP contribution >= 0.6 is 0 Å². The fourth-order valence-corrected chi connectivity index (χ4v) is 1.72. The molecule has 2 rings (SSSR count). The Balaban J connectivity index is 2.58. The second-order valence-corrected chi connectivity index (χ2v) is 3.58. The van der Waals surface area contributed by atoms with Gasteiger partial charge in [-0.15, -0.1) is 0 Å². The van der Waals surface area contributed by atoms with Crippen molar-refractivity contribution in [2.45, 2.75) is 26.7 Å². The molecule has 0 spiro atoms. The van der Waals surface area contributed by atoms with Crippen LogP contribution < -0.4 is 0 Å². The van der Waals surface area contributed by atoms with Crippen LogP contribution in [0.25, 0.3) is 5.52 Å². The van der Waals surface area contributed by atoms with Gasteiger partial charge in [-0.25, -0.2) is 0 Å². The summed E-state index contributed by atoms with van der Waals surface area (Å²) in [6.45, 7) is 4.35. The van der Waals surface area contributed by atoms with Crippen LogP contribution in [0.1, 0.15) is 24.6 Å². The summed E-state index contributed by atoms with van der Waals surface area (Å²) in [5.41, 5.74) is 4.04. The van der Waals surface area contributed by atoms with Gasteiger partial charge in [0.2, 0.25) is 0 Å². The van der Waals surface area contributed by atoms with Gasteiger partial charge in [0.25, 0.3) is 0 Å². The van der Waals surface area contributed by atoms with Crippen molar-refractivity contribution in [3.8, 4) is 0 Å². The molecule has 0 aliphatic carbocycles. The monoisotopic (exact) mass is 173 g/mol. The summed E-state index contributed by atoms with van der Waals surface area (Å²) in [4.78, 5) is 0. The van der Waals surface area contributed by atoms with Gasteiger partial charge in [0.1, 0.15) is 0 Å². The number of pyridine rings is 1. The number of aromatic nitrogens is 1. The predicted octanol–water partition coefficient (Wildman–Crippen LogP) is 3.20. The molecule has 0 aliphatic heterocycles. The topological polar surface area (TPSA) is 4.41 Å². The van der Waals surface area contributed by atoms with Crippen LogP contribution in [-0.2, 0) is 6.42 Å². The average Bonchev–Trinajstić information content (AvgIpc) is 2.49. The van der Waals surface area contributed by atoms with Crippen molar-refractivity contribution in [3.63, 3.8) is 0 Å². The molecule has 2 aromatic rings. The van der Waals surface area contributed by atoms with Gasteiger partial charge in [0.05, 0.1) is 0 Å². The second kappa shape index (κ2) is 3.25. The molecule has 0 fully saturated rings. The lowest BCUT2D eigenvalue weighted by molar-refractivity contribution is 0.866.